The first-order chi connectivity index (χ1) is 5.81. The molecule has 0 N–H and O–H groups in total. The van der Waals surface area contributed by atoms with Crippen molar-refractivity contribution in [2.45, 2.75) is 66.7 Å². The quantitative estimate of drug-likeness (QED) is 0.512. The van der Waals surface area contributed by atoms with E-state index in [-0.39, 0.29) is 0 Å². The fourth-order valence-electron chi connectivity index (χ4n) is 2.89. The Morgan fingerprint density at radius 2 is 1.23 bits per heavy atom. The molecule has 0 nitrogen and oxygen atoms in total. The predicted molar refractivity (Wildman–Crippen MR) is 59.8 cm³/mol. The van der Waals surface area contributed by atoms with Crippen molar-refractivity contribution in [2.75, 3.05) is 0 Å². The molecule has 0 bridgehead atoms. The van der Waals surface area contributed by atoms with Crippen molar-refractivity contribution in [3.8, 4) is 0 Å². The van der Waals surface area contributed by atoms with Crippen molar-refractivity contribution in [1.29, 1.82) is 0 Å². The maximum absolute atomic E-state index is 2.44. The van der Waals surface area contributed by atoms with E-state index in [1.54, 1.807) is 0 Å². The third kappa shape index (κ3) is 3.70. The van der Waals surface area contributed by atoms with E-state index in [9.17, 15) is 0 Å². The van der Waals surface area contributed by atoms with Crippen molar-refractivity contribution in [2.24, 2.45) is 16.7 Å². The molecule has 0 amide bonds. The van der Waals surface area contributed by atoms with Gasteiger partial charge in [-0.2, -0.15) is 0 Å². The Kier molecular flexibility index (Phi) is 3.09. The third-order valence-corrected chi connectivity index (χ3v) is 3.58. The molecule has 0 aromatic carbocycles. The van der Waals surface area contributed by atoms with E-state index < -0.39 is 0 Å². The second-order valence-corrected chi connectivity index (χ2v) is 6.69. The Balaban J connectivity index is 2.64. The minimum absolute atomic E-state index is 0.568. The summed E-state index contributed by atoms with van der Waals surface area (Å²) in [6.07, 6.45) is 7.09. The standard InChI is InChI=1S/C13H26/c1-11-6-8-12(2,3)10-13(4,5)9-7-11/h11H,6-10H2,1-5H3. The zero-order valence-electron chi connectivity index (χ0n) is 10.1. The highest BCUT2D eigenvalue weighted by Gasteiger charge is 2.31. The summed E-state index contributed by atoms with van der Waals surface area (Å²) >= 11 is 0. The maximum Gasteiger partial charge on any atom is -0.0349 e. The van der Waals surface area contributed by atoms with Crippen LogP contribution in [0.4, 0.5) is 0 Å². The topological polar surface area (TPSA) is 0 Å². The summed E-state index contributed by atoms with van der Waals surface area (Å²) in [5.74, 6) is 0.943. The SMILES string of the molecule is CC1CCC(C)(C)CC(C)(C)CC1. The van der Waals surface area contributed by atoms with E-state index in [4.69, 9.17) is 0 Å². The molecule has 0 atom stereocenters. The molecule has 0 aromatic heterocycles. The summed E-state index contributed by atoms with van der Waals surface area (Å²) in [4.78, 5) is 0. The molecule has 1 saturated carbocycles. The second kappa shape index (κ2) is 3.63. The highest BCUT2D eigenvalue weighted by molar-refractivity contribution is 4.82. The van der Waals surface area contributed by atoms with Gasteiger partial charge in [0.1, 0.15) is 0 Å². The molecule has 1 rings (SSSR count). The Morgan fingerprint density at radius 1 is 0.846 bits per heavy atom. The lowest BCUT2D eigenvalue weighted by atomic mass is 9.67. The zero-order valence-corrected chi connectivity index (χ0v) is 10.1. The van der Waals surface area contributed by atoms with Crippen LogP contribution >= 0.6 is 0 Å². The fourth-order valence-corrected chi connectivity index (χ4v) is 2.89. The van der Waals surface area contributed by atoms with Gasteiger partial charge in [-0.05, 0) is 36.0 Å². The molecule has 1 aliphatic carbocycles. The summed E-state index contributed by atoms with van der Waals surface area (Å²) in [5, 5.41) is 0. The first-order valence-corrected chi connectivity index (χ1v) is 5.81. The van der Waals surface area contributed by atoms with Gasteiger partial charge in [-0.15, -0.1) is 0 Å². The van der Waals surface area contributed by atoms with Crippen molar-refractivity contribution >= 4 is 0 Å². The largest absolute Gasteiger partial charge is 0.0625 e. The molecular weight excluding hydrogens is 156 g/mol. The van der Waals surface area contributed by atoms with Crippen LogP contribution in [0.1, 0.15) is 66.7 Å². The monoisotopic (exact) mass is 182 g/mol. The van der Waals surface area contributed by atoms with Gasteiger partial charge in [0.25, 0.3) is 0 Å². The van der Waals surface area contributed by atoms with Gasteiger partial charge in [0.15, 0.2) is 0 Å². The molecule has 13 heavy (non-hydrogen) atoms. The summed E-state index contributed by atoms with van der Waals surface area (Å²) < 4.78 is 0. The van der Waals surface area contributed by atoms with Crippen molar-refractivity contribution in [3.63, 3.8) is 0 Å². The Bertz CT molecular complexity index is 147. The van der Waals surface area contributed by atoms with Gasteiger partial charge in [-0.25, -0.2) is 0 Å². The average molecular weight is 182 g/mol. The van der Waals surface area contributed by atoms with E-state index in [2.05, 4.69) is 34.6 Å². The van der Waals surface area contributed by atoms with Crippen LogP contribution in [0.25, 0.3) is 0 Å². The molecule has 1 aliphatic rings. The van der Waals surface area contributed by atoms with E-state index in [0.717, 1.165) is 5.92 Å². The molecule has 0 heteroatoms. The van der Waals surface area contributed by atoms with Gasteiger partial charge in [0, 0.05) is 0 Å². The van der Waals surface area contributed by atoms with Crippen LogP contribution in [0.2, 0.25) is 0 Å². The van der Waals surface area contributed by atoms with Gasteiger partial charge in [-0.1, -0.05) is 47.5 Å². The average Bonchev–Trinajstić information content (AvgIpc) is 1.94. The van der Waals surface area contributed by atoms with Crippen LogP contribution in [0.3, 0.4) is 0 Å². The predicted octanol–water partition coefficient (Wildman–Crippen LogP) is 4.64. The zero-order chi connectivity index (χ0) is 10.1. The second-order valence-electron chi connectivity index (χ2n) is 6.69. The van der Waals surface area contributed by atoms with Crippen molar-refractivity contribution < 1.29 is 0 Å². The van der Waals surface area contributed by atoms with Crippen LogP contribution in [0.15, 0.2) is 0 Å². The van der Waals surface area contributed by atoms with Gasteiger partial charge < -0.3 is 0 Å². The fraction of sp³-hybridized carbons (Fsp3) is 1.00. The molecule has 0 spiro atoms. The van der Waals surface area contributed by atoms with Gasteiger partial charge in [-0.3, -0.25) is 0 Å². The normalized spacial score (nSPS) is 29.3. The Morgan fingerprint density at radius 3 is 1.62 bits per heavy atom. The molecule has 0 unspecified atom stereocenters. The van der Waals surface area contributed by atoms with Crippen LogP contribution in [-0.2, 0) is 0 Å². The number of rotatable bonds is 0. The van der Waals surface area contributed by atoms with Crippen molar-refractivity contribution in [1.82, 2.24) is 0 Å². The first kappa shape index (κ1) is 11.1. The van der Waals surface area contributed by atoms with Crippen LogP contribution in [0, 0.1) is 16.7 Å². The summed E-state index contributed by atoms with van der Waals surface area (Å²) in [6, 6.07) is 0. The summed E-state index contributed by atoms with van der Waals surface area (Å²) in [6.45, 7) is 12.2. The molecule has 78 valence electrons. The number of hydrogen-bond acceptors (Lipinski definition) is 0. The highest BCUT2D eigenvalue weighted by Crippen LogP contribution is 2.43. The minimum Gasteiger partial charge on any atom is -0.0625 e. The van der Waals surface area contributed by atoms with Gasteiger partial charge in [0.2, 0.25) is 0 Å². The van der Waals surface area contributed by atoms with Gasteiger partial charge >= 0.3 is 0 Å². The maximum atomic E-state index is 2.44. The number of hydrogen-bond donors (Lipinski definition) is 0. The molecule has 1 fully saturated rings. The van der Waals surface area contributed by atoms with Crippen LogP contribution in [-0.4, -0.2) is 0 Å². The molecular formula is C13H26. The summed E-state index contributed by atoms with van der Waals surface area (Å²) in [7, 11) is 0. The molecule has 0 heterocycles. The lowest BCUT2D eigenvalue weighted by molar-refractivity contribution is 0.130. The van der Waals surface area contributed by atoms with E-state index in [0.29, 0.717) is 10.8 Å². The minimum atomic E-state index is 0.568. The molecule has 0 radical (unpaired) electrons. The van der Waals surface area contributed by atoms with E-state index >= 15 is 0 Å². The smallest absolute Gasteiger partial charge is 0.0349 e. The Labute approximate surface area is 84.1 Å². The van der Waals surface area contributed by atoms with Crippen molar-refractivity contribution in [3.05, 3.63) is 0 Å². The Hall–Kier alpha value is 0. The van der Waals surface area contributed by atoms with Gasteiger partial charge in [0.05, 0.1) is 0 Å². The molecule has 0 aromatic rings. The molecule has 0 saturated heterocycles. The lowest BCUT2D eigenvalue weighted by Gasteiger charge is -2.39. The highest BCUT2D eigenvalue weighted by atomic mass is 14.4. The molecule has 0 aliphatic heterocycles. The van der Waals surface area contributed by atoms with Crippen LogP contribution < -0.4 is 0 Å². The van der Waals surface area contributed by atoms with E-state index in [1.165, 1.54) is 32.1 Å². The first-order valence-electron chi connectivity index (χ1n) is 5.81. The summed E-state index contributed by atoms with van der Waals surface area (Å²) in [5.41, 5.74) is 1.14. The van der Waals surface area contributed by atoms with E-state index in [1.807, 2.05) is 0 Å². The third-order valence-electron chi connectivity index (χ3n) is 3.58. The lowest BCUT2D eigenvalue weighted by Crippen LogP contribution is -2.26. The van der Waals surface area contributed by atoms with Crippen LogP contribution in [0.5, 0.6) is 0 Å².